The normalized spacial score (nSPS) is 26.1. The second-order valence-electron chi connectivity index (χ2n) is 4.73. The summed E-state index contributed by atoms with van der Waals surface area (Å²) >= 11 is 0. The average Bonchev–Trinajstić information content (AvgIpc) is 2.98. The first-order chi connectivity index (χ1) is 7.60. The molecule has 1 aliphatic carbocycles. The Labute approximate surface area is 95.3 Å². The molecule has 1 saturated carbocycles. The summed E-state index contributed by atoms with van der Waals surface area (Å²) in [4.78, 5) is 13.0. The minimum absolute atomic E-state index is 0.163. The van der Waals surface area contributed by atoms with Crippen LogP contribution in [0.4, 0.5) is 0 Å². The van der Waals surface area contributed by atoms with E-state index in [1.807, 2.05) is 0 Å². The van der Waals surface area contributed by atoms with E-state index >= 15 is 0 Å². The van der Waals surface area contributed by atoms with Gasteiger partial charge in [-0.1, -0.05) is 0 Å². The van der Waals surface area contributed by atoms with Crippen LogP contribution in [0.3, 0.4) is 0 Å². The van der Waals surface area contributed by atoms with Crippen LogP contribution in [-0.4, -0.2) is 55.1 Å². The Morgan fingerprint density at radius 2 is 2.00 bits per heavy atom. The standard InChI is InChI=1S/C11H19NO4/c1-15-11(16-2)6-12(7-11)9(5-10(13)14)8-3-4-8/h8-9H,3-7H2,1-2H3,(H,13,14). The minimum atomic E-state index is -0.718. The van der Waals surface area contributed by atoms with Gasteiger partial charge in [-0.25, -0.2) is 0 Å². The van der Waals surface area contributed by atoms with Gasteiger partial charge >= 0.3 is 5.97 Å². The van der Waals surface area contributed by atoms with E-state index < -0.39 is 11.8 Å². The zero-order valence-electron chi connectivity index (χ0n) is 9.81. The summed E-state index contributed by atoms with van der Waals surface area (Å²) in [5.41, 5.74) is 0. The molecule has 1 heterocycles. The third-order valence-electron chi connectivity index (χ3n) is 3.65. The summed E-state index contributed by atoms with van der Waals surface area (Å²) in [6, 6.07) is 0.163. The van der Waals surface area contributed by atoms with Gasteiger partial charge in [0.15, 0.2) is 5.79 Å². The zero-order chi connectivity index (χ0) is 11.8. The molecule has 16 heavy (non-hydrogen) atoms. The molecule has 92 valence electrons. The second-order valence-corrected chi connectivity index (χ2v) is 4.73. The summed E-state index contributed by atoms with van der Waals surface area (Å²) in [6.07, 6.45) is 2.54. The maximum absolute atomic E-state index is 10.8. The Hall–Kier alpha value is -0.650. The van der Waals surface area contributed by atoms with Crippen LogP contribution in [0.1, 0.15) is 19.3 Å². The van der Waals surface area contributed by atoms with Crippen molar-refractivity contribution in [1.29, 1.82) is 0 Å². The number of carboxylic acids is 1. The highest BCUT2D eigenvalue weighted by molar-refractivity contribution is 5.67. The lowest BCUT2D eigenvalue weighted by Crippen LogP contribution is -2.67. The highest BCUT2D eigenvalue weighted by Crippen LogP contribution is 2.40. The maximum Gasteiger partial charge on any atom is 0.304 e. The molecule has 1 aliphatic heterocycles. The summed E-state index contributed by atoms with van der Waals surface area (Å²) in [5, 5.41) is 8.88. The number of aliphatic carboxylic acids is 1. The number of carbonyl (C=O) groups is 1. The SMILES string of the molecule is COC1(OC)CN(C(CC(=O)O)C2CC2)C1. The van der Waals surface area contributed by atoms with Gasteiger partial charge in [0.05, 0.1) is 19.5 Å². The number of methoxy groups -OCH3 is 2. The fraction of sp³-hybridized carbons (Fsp3) is 0.909. The van der Waals surface area contributed by atoms with E-state index in [9.17, 15) is 4.79 Å². The molecule has 5 nitrogen and oxygen atoms in total. The molecule has 0 radical (unpaired) electrons. The molecule has 0 aromatic rings. The van der Waals surface area contributed by atoms with Gasteiger partial charge < -0.3 is 14.6 Å². The molecule has 0 aromatic carbocycles. The number of carboxylic acid groups (broad SMARTS) is 1. The van der Waals surface area contributed by atoms with Crippen molar-refractivity contribution in [3.63, 3.8) is 0 Å². The van der Waals surface area contributed by atoms with E-state index in [0.717, 1.165) is 12.8 Å². The number of hydrogen-bond donors (Lipinski definition) is 1. The lowest BCUT2D eigenvalue weighted by atomic mass is 9.98. The van der Waals surface area contributed by atoms with Crippen LogP contribution in [0.5, 0.6) is 0 Å². The number of nitrogens with zero attached hydrogens (tertiary/aromatic N) is 1. The predicted molar refractivity (Wildman–Crippen MR) is 57.1 cm³/mol. The third kappa shape index (κ3) is 2.21. The van der Waals surface area contributed by atoms with Crippen LogP contribution in [0, 0.1) is 5.92 Å². The van der Waals surface area contributed by atoms with Gasteiger partial charge in [-0.05, 0) is 18.8 Å². The van der Waals surface area contributed by atoms with Crippen LogP contribution in [0.2, 0.25) is 0 Å². The molecule has 0 spiro atoms. The third-order valence-corrected chi connectivity index (χ3v) is 3.65. The van der Waals surface area contributed by atoms with Crippen LogP contribution in [0.25, 0.3) is 0 Å². The number of rotatable bonds is 6. The van der Waals surface area contributed by atoms with Crippen molar-refractivity contribution in [1.82, 2.24) is 4.90 Å². The van der Waals surface area contributed by atoms with Crippen molar-refractivity contribution in [2.45, 2.75) is 31.1 Å². The molecule has 1 N–H and O–H groups in total. The van der Waals surface area contributed by atoms with Gasteiger partial charge in [0.2, 0.25) is 0 Å². The van der Waals surface area contributed by atoms with Crippen molar-refractivity contribution >= 4 is 5.97 Å². The molecule has 0 amide bonds. The molecule has 1 saturated heterocycles. The first-order valence-electron chi connectivity index (χ1n) is 5.66. The lowest BCUT2D eigenvalue weighted by molar-refractivity contribution is -0.283. The first-order valence-corrected chi connectivity index (χ1v) is 5.66. The molecule has 1 atom stereocenters. The van der Waals surface area contributed by atoms with Gasteiger partial charge in [-0.3, -0.25) is 9.69 Å². The molecule has 0 bridgehead atoms. The second kappa shape index (κ2) is 4.31. The van der Waals surface area contributed by atoms with Crippen molar-refractivity contribution < 1.29 is 19.4 Å². The summed E-state index contributed by atoms with van der Waals surface area (Å²) < 4.78 is 10.6. The Kier molecular flexibility index (Phi) is 3.19. The summed E-state index contributed by atoms with van der Waals surface area (Å²) in [6.45, 7) is 1.35. The monoisotopic (exact) mass is 229 g/mol. The van der Waals surface area contributed by atoms with Gasteiger partial charge in [0.25, 0.3) is 0 Å². The van der Waals surface area contributed by atoms with E-state index in [2.05, 4.69) is 4.90 Å². The van der Waals surface area contributed by atoms with Crippen molar-refractivity contribution in [3.05, 3.63) is 0 Å². The van der Waals surface area contributed by atoms with E-state index in [-0.39, 0.29) is 12.5 Å². The molecule has 2 fully saturated rings. The highest BCUT2D eigenvalue weighted by Gasteiger charge is 2.50. The van der Waals surface area contributed by atoms with Crippen LogP contribution < -0.4 is 0 Å². The Balaban J connectivity index is 1.89. The van der Waals surface area contributed by atoms with E-state index in [0.29, 0.717) is 19.0 Å². The van der Waals surface area contributed by atoms with Gasteiger partial charge in [0.1, 0.15) is 0 Å². The minimum Gasteiger partial charge on any atom is -0.481 e. The van der Waals surface area contributed by atoms with Crippen molar-refractivity contribution in [2.24, 2.45) is 5.92 Å². The highest BCUT2D eigenvalue weighted by atomic mass is 16.7. The van der Waals surface area contributed by atoms with Gasteiger partial charge in [-0.15, -0.1) is 0 Å². The Morgan fingerprint density at radius 3 is 2.38 bits per heavy atom. The van der Waals surface area contributed by atoms with Crippen LogP contribution in [0.15, 0.2) is 0 Å². The smallest absolute Gasteiger partial charge is 0.304 e. The number of ether oxygens (including phenoxy) is 2. The van der Waals surface area contributed by atoms with Crippen LogP contribution >= 0.6 is 0 Å². The predicted octanol–water partition coefficient (Wildman–Crippen LogP) is 0.544. The molecule has 2 aliphatic rings. The number of likely N-dealkylation sites (tertiary alicyclic amines) is 1. The molecule has 1 unspecified atom stereocenters. The van der Waals surface area contributed by atoms with Crippen molar-refractivity contribution in [3.8, 4) is 0 Å². The Bertz CT molecular complexity index is 265. The first kappa shape index (κ1) is 11.8. The van der Waals surface area contributed by atoms with Crippen molar-refractivity contribution in [2.75, 3.05) is 27.3 Å². The van der Waals surface area contributed by atoms with E-state index in [1.54, 1.807) is 14.2 Å². The quantitative estimate of drug-likeness (QED) is 0.674. The lowest BCUT2D eigenvalue weighted by Gasteiger charge is -2.50. The largest absolute Gasteiger partial charge is 0.481 e. The zero-order valence-corrected chi connectivity index (χ0v) is 9.81. The van der Waals surface area contributed by atoms with E-state index in [4.69, 9.17) is 14.6 Å². The molecule has 5 heteroatoms. The Morgan fingerprint density at radius 1 is 1.44 bits per heavy atom. The maximum atomic E-state index is 10.8. The molecule has 0 aromatic heterocycles. The van der Waals surface area contributed by atoms with Crippen LogP contribution in [-0.2, 0) is 14.3 Å². The fourth-order valence-electron chi connectivity index (χ4n) is 2.40. The summed E-state index contributed by atoms with van der Waals surface area (Å²) in [7, 11) is 3.26. The van der Waals surface area contributed by atoms with Gasteiger partial charge in [-0.2, -0.15) is 0 Å². The average molecular weight is 229 g/mol. The summed E-state index contributed by atoms with van der Waals surface area (Å²) in [5.74, 6) is -0.668. The van der Waals surface area contributed by atoms with E-state index in [1.165, 1.54) is 0 Å². The molecular weight excluding hydrogens is 210 g/mol. The topological polar surface area (TPSA) is 59.0 Å². The van der Waals surface area contributed by atoms with Gasteiger partial charge in [0, 0.05) is 20.3 Å². The molecule has 2 rings (SSSR count). The molecular formula is C11H19NO4. The fourth-order valence-corrected chi connectivity index (χ4v) is 2.40. The number of hydrogen-bond acceptors (Lipinski definition) is 4.